The molecule has 0 bridgehead atoms. The monoisotopic (exact) mass is 301 g/mol. The molecule has 4 nitrogen and oxygen atoms in total. The number of carboxylic acid groups (broad SMARTS) is 1. The largest absolute Gasteiger partial charge is 0.481 e. The lowest BCUT2D eigenvalue weighted by molar-refractivity contribution is -0.144. The van der Waals surface area contributed by atoms with E-state index in [-0.39, 0.29) is 23.2 Å². The fourth-order valence-electron chi connectivity index (χ4n) is 3.56. The molecule has 2 aliphatic rings. The molecule has 0 heterocycles. The number of benzene rings is 1. The smallest absolute Gasteiger partial charge is 0.306 e. The third-order valence-electron chi connectivity index (χ3n) is 5.23. The van der Waals surface area contributed by atoms with Gasteiger partial charge in [0.1, 0.15) is 0 Å². The Balaban J connectivity index is 1.55. The van der Waals surface area contributed by atoms with Gasteiger partial charge in [-0.1, -0.05) is 36.8 Å². The molecule has 0 saturated heterocycles. The molecule has 0 radical (unpaired) electrons. The molecule has 0 aliphatic heterocycles. The van der Waals surface area contributed by atoms with Crippen LogP contribution in [0.5, 0.6) is 0 Å². The van der Waals surface area contributed by atoms with Crippen molar-refractivity contribution in [2.24, 2.45) is 11.8 Å². The number of carbonyl (C=O) groups excluding carboxylic acids is 1. The lowest BCUT2D eigenvalue weighted by Crippen LogP contribution is -2.39. The zero-order chi connectivity index (χ0) is 15.6. The van der Waals surface area contributed by atoms with E-state index >= 15 is 0 Å². The maximum Gasteiger partial charge on any atom is 0.306 e. The summed E-state index contributed by atoms with van der Waals surface area (Å²) in [6.45, 7) is 0.671. The van der Waals surface area contributed by atoms with Crippen molar-refractivity contribution in [3.05, 3.63) is 35.9 Å². The van der Waals surface area contributed by atoms with Gasteiger partial charge in [-0.15, -0.1) is 0 Å². The molecule has 1 aromatic rings. The molecule has 1 amide bonds. The van der Waals surface area contributed by atoms with E-state index in [0.29, 0.717) is 19.4 Å². The zero-order valence-electron chi connectivity index (χ0n) is 12.8. The van der Waals surface area contributed by atoms with Crippen LogP contribution < -0.4 is 5.32 Å². The van der Waals surface area contributed by atoms with E-state index in [0.717, 1.165) is 25.7 Å². The number of amides is 1. The quantitative estimate of drug-likeness (QED) is 0.879. The molecule has 2 fully saturated rings. The molecule has 2 aliphatic carbocycles. The fraction of sp³-hybridized carbons (Fsp3) is 0.556. The summed E-state index contributed by atoms with van der Waals surface area (Å²) in [6.07, 6.45) is 5.05. The van der Waals surface area contributed by atoms with Gasteiger partial charge in [0.15, 0.2) is 0 Å². The highest BCUT2D eigenvalue weighted by Crippen LogP contribution is 2.47. The molecule has 2 N–H and O–H groups in total. The van der Waals surface area contributed by atoms with E-state index in [1.165, 1.54) is 5.56 Å². The highest BCUT2D eigenvalue weighted by atomic mass is 16.4. The zero-order valence-corrected chi connectivity index (χ0v) is 12.8. The minimum atomic E-state index is -0.763. The van der Waals surface area contributed by atoms with Gasteiger partial charge in [0.2, 0.25) is 5.91 Å². The van der Waals surface area contributed by atoms with Crippen molar-refractivity contribution in [3.63, 3.8) is 0 Å². The van der Waals surface area contributed by atoms with Crippen LogP contribution in [0.25, 0.3) is 0 Å². The molecular weight excluding hydrogens is 278 g/mol. The Kier molecular flexibility index (Phi) is 4.19. The van der Waals surface area contributed by atoms with Crippen LogP contribution in [0.3, 0.4) is 0 Å². The summed E-state index contributed by atoms with van der Waals surface area (Å²) < 4.78 is 0. The second kappa shape index (κ2) is 6.11. The highest BCUT2D eigenvalue weighted by Gasteiger charge is 2.44. The van der Waals surface area contributed by atoms with Crippen molar-refractivity contribution < 1.29 is 14.7 Å². The maximum absolute atomic E-state index is 12.4. The van der Waals surface area contributed by atoms with Gasteiger partial charge in [0, 0.05) is 17.9 Å². The number of hydrogen-bond donors (Lipinski definition) is 2. The summed E-state index contributed by atoms with van der Waals surface area (Å²) in [6, 6.07) is 10.3. The van der Waals surface area contributed by atoms with Crippen molar-refractivity contribution in [3.8, 4) is 0 Å². The first-order valence-corrected chi connectivity index (χ1v) is 8.17. The molecule has 0 aromatic heterocycles. The molecule has 4 heteroatoms. The van der Waals surface area contributed by atoms with Gasteiger partial charge in [-0.05, 0) is 37.7 Å². The standard InChI is InChI=1S/C18H23NO3/c20-16(13-5-4-6-14(11-13)17(21)22)19-12-18(9-10-18)15-7-2-1-3-8-15/h1-3,7-8,13-14H,4-6,9-12H2,(H,19,20)(H,21,22). The minimum Gasteiger partial charge on any atom is -0.481 e. The maximum atomic E-state index is 12.4. The molecular formula is C18H23NO3. The predicted octanol–water partition coefficient (Wildman–Crippen LogP) is 2.73. The van der Waals surface area contributed by atoms with Crippen LogP contribution in [0, 0.1) is 11.8 Å². The fourth-order valence-corrected chi connectivity index (χ4v) is 3.56. The van der Waals surface area contributed by atoms with Gasteiger partial charge in [-0.25, -0.2) is 0 Å². The van der Waals surface area contributed by atoms with Gasteiger partial charge in [0.05, 0.1) is 5.92 Å². The normalized spacial score (nSPS) is 26.2. The molecule has 2 atom stereocenters. The second-order valence-corrected chi connectivity index (χ2v) is 6.76. The van der Waals surface area contributed by atoms with E-state index < -0.39 is 5.97 Å². The van der Waals surface area contributed by atoms with Gasteiger partial charge in [-0.3, -0.25) is 9.59 Å². The van der Waals surface area contributed by atoms with E-state index in [1.54, 1.807) is 0 Å². The third kappa shape index (κ3) is 3.16. The van der Waals surface area contributed by atoms with E-state index in [1.807, 2.05) is 18.2 Å². The number of nitrogens with one attached hydrogen (secondary N) is 1. The van der Waals surface area contributed by atoms with Crippen molar-refractivity contribution in [2.45, 2.75) is 43.9 Å². The highest BCUT2D eigenvalue weighted by molar-refractivity contribution is 5.80. The number of aliphatic carboxylic acids is 1. The van der Waals surface area contributed by atoms with E-state index in [2.05, 4.69) is 17.4 Å². The molecule has 1 aromatic carbocycles. The Morgan fingerprint density at radius 1 is 1.14 bits per heavy atom. The Labute approximate surface area is 130 Å². The van der Waals surface area contributed by atoms with Crippen molar-refractivity contribution in [2.75, 3.05) is 6.54 Å². The molecule has 2 saturated carbocycles. The molecule has 0 spiro atoms. The Bertz CT molecular complexity index is 551. The first-order valence-electron chi connectivity index (χ1n) is 8.17. The Hall–Kier alpha value is -1.84. The average Bonchev–Trinajstić information content (AvgIpc) is 3.35. The van der Waals surface area contributed by atoms with Crippen LogP contribution in [0.1, 0.15) is 44.1 Å². The van der Waals surface area contributed by atoms with Crippen molar-refractivity contribution >= 4 is 11.9 Å². The number of rotatable bonds is 5. The topological polar surface area (TPSA) is 66.4 Å². The number of carboxylic acids is 1. The van der Waals surface area contributed by atoms with E-state index in [4.69, 9.17) is 5.11 Å². The lowest BCUT2D eigenvalue weighted by Gasteiger charge is -2.26. The Morgan fingerprint density at radius 3 is 2.45 bits per heavy atom. The molecule has 118 valence electrons. The van der Waals surface area contributed by atoms with Crippen LogP contribution >= 0.6 is 0 Å². The van der Waals surface area contributed by atoms with Crippen LogP contribution in [0.15, 0.2) is 30.3 Å². The first kappa shape index (κ1) is 15.1. The summed E-state index contributed by atoms with van der Waals surface area (Å²) in [5, 5.41) is 12.2. The van der Waals surface area contributed by atoms with Crippen LogP contribution in [0.2, 0.25) is 0 Å². The Morgan fingerprint density at radius 2 is 1.82 bits per heavy atom. The molecule has 2 unspecified atom stereocenters. The SMILES string of the molecule is O=C(O)C1CCCC(C(=O)NCC2(c3ccccc3)CC2)C1. The van der Waals surface area contributed by atoms with Gasteiger partial charge < -0.3 is 10.4 Å². The van der Waals surface area contributed by atoms with Gasteiger partial charge in [0.25, 0.3) is 0 Å². The van der Waals surface area contributed by atoms with Crippen LogP contribution in [-0.2, 0) is 15.0 Å². The van der Waals surface area contributed by atoms with Gasteiger partial charge >= 0.3 is 5.97 Å². The van der Waals surface area contributed by atoms with Gasteiger partial charge in [-0.2, -0.15) is 0 Å². The summed E-state index contributed by atoms with van der Waals surface area (Å²) in [7, 11) is 0. The first-order chi connectivity index (χ1) is 10.6. The lowest BCUT2D eigenvalue weighted by atomic mass is 9.81. The van der Waals surface area contributed by atoms with E-state index in [9.17, 15) is 9.59 Å². The summed E-state index contributed by atoms with van der Waals surface area (Å²) in [4.78, 5) is 23.5. The summed E-state index contributed by atoms with van der Waals surface area (Å²) >= 11 is 0. The summed E-state index contributed by atoms with van der Waals surface area (Å²) in [5.41, 5.74) is 1.40. The van der Waals surface area contributed by atoms with Crippen LogP contribution in [0.4, 0.5) is 0 Å². The number of carbonyl (C=O) groups is 2. The molecule has 3 rings (SSSR count). The minimum absolute atomic E-state index is 0.0353. The molecule has 22 heavy (non-hydrogen) atoms. The van der Waals surface area contributed by atoms with Crippen molar-refractivity contribution in [1.29, 1.82) is 0 Å². The average molecular weight is 301 g/mol. The third-order valence-corrected chi connectivity index (χ3v) is 5.23. The summed E-state index contributed by atoms with van der Waals surface area (Å²) in [5.74, 6) is -1.22. The predicted molar refractivity (Wildman–Crippen MR) is 83.4 cm³/mol. The second-order valence-electron chi connectivity index (χ2n) is 6.76. The van der Waals surface area contributed by atoms with Crippen LogP contribution in [-0.4, -0.2) is 23.5 Å². The number of hydrogen-bond acceptors (Lipinski definition) is 2. The van der Waals surface area contributed by atoms with Crippen molar-refractivity contribution in [1.82, 2.24) is 5.32 Å².